The molecule has 0 radical (unpaired) electrons. The van der Waals surface area contributed by atoms with Gasteiger partial charge in [-0.05, 0) is 36.4 Å². The minimum Gasteiger partial charge on any atom is -0.497 e. The van der Waals surface area contributed by atoms with Gasteiger partial charge in [-0.25, -0.2) is 8.42 Å². The van der Waals surface area contributed by atoms with E-state index in [9.17, 15) is 13.2 Å². The van der Waals surface area contributed by atoms with Crippen LogP contribution in [0.1, 0.15) is 0 Å². The molecule has 1 aliphatic heterocycles. The zero-order valence-electron chi connectivity index (χ0n) is 15.0. The molecule has 1 fully saturated rings. The van der Waals surface area contributed by atoms with E-state index in [0.717, 1.165) is 11.4 Å². The van der Waals surface area contributed by atoms with Gasteiger partial charge in [-0.2, -0.15) is 0 Å². The summed E-state index contributed by atoms with van der Waals surface area (Å²) in [7, 11) is -2.06. The highest BCUT2D eigenvalue weighted by Crippen LogP contribution is 2.22. The van der Waals surface area contributed by atoms with Crippen LogP contribution < -0.4 is 9.64 Å². The number of halogens is 1. The van der Waals surface area contributed by atoms with Gasteiger partial charge < -0.3 is 14.5 Å². The first-order valence-electron chi connectivity index (χ1n) is 8.54. The van der Waals surface area contributed by atoms with Crippen molar-refractivity contribution in [3.63, 3.8) is 0 Å². The molecule has 1 heterocycles. The van der Waals surface area contributed by atoms with Gasteiger partial charge in [-0.1, -0.05) is 17.7 Å². The SMILES string of the molecule is COc1cccc(N2CCN(C(=O)CS(=O)(=O)c3ccc(Cl)cc3)CC2)c1. The van der Waals surface area contributed by atoms with E-state index in [1.165, 1.54) is 24.3 Å². The van der Waals surface area contributed by atoms with Crippen LogP contribution in [0, 0.1) is 0 Å². The summed E-state index contributed by atoms with van der Waals surface area (Å²) in [5.41, 5.74) is 1.02. The maximum absolute atomic E-state index is 12.5. The van der Waals surface area contributed by atoms with Crippen molar-refractivity contribution >= 4 is 33.0 Å². The van der Waals surface area contributed by atoms with Gasteiger partial charge in [0.25, 0.3) is 0 Å². The number of carbonyl (C=O) groups is 1. The summed E-state index contributed by atoms with van der Waals surface area (Å²) < 4.78 is 30.1. The number of ether oxygens (including phenoxy) is 1. The second kappa shape index (κ2) is 8.19. The Labute approximate surface area is 164 Å². The molecular weight excluding hydrogens is 388 g/mol. The first-order chi connectivity index (χ1) is 12.9. The molecule has 0 bridgehead atoms. The number of benzene rings is 2. The highest BCUT2D eigenvalue weighted by Gasteiger charge is 2.26. The van der Waals surface area contributed by atoms with Gasteiger partial charge in [0.05, 0.1) is 12.0 Å². The van der Waals surface area contributed by atoms with Gasteiger partial charge in [-0.15, -0.1) is 0 Å². The summed E-state index contributed by atoms with van der Waals surface area (Å²) >= 11 is 5.79. The standard InChI is InChI=1S/C19H21ClN2O4S/c1-26-17-4-2-3-16(13-17)21-9-11-22(12-10-21)19(23)14-27(24,25)18-7-5-15(20)6-8-18/h2-8,13H,9-12,14H2,1H3. The van der Waals surface area contributed by atoms with Crippen LogP contribution in [0.2, 0.25) is 5.02 Å². The maximum Gasteiger partial charge on any atom is 0.238 e. The molecule has 1 aliphatic rings. The monoisotopic (exact) mass is 408 g/mol. The Morgan fingerprint density at radius 3 is 2.37 bits per heavy atom. The normalized spacial score (nSPS) is 14.9. The van der Waals surface area contributed by atoms with Crippen LogP contribution >= 0.6 is 11.6 Å². The van der Waals surface area contributed by atoms with Crippen molar-refractivity contribution in [2.24, 2.45) is 0 Å². The molecule has 144 valence electrons. The summed E-state index contributed by atoms with van der Waals surface area (Å²) in [5.74, 6) is -0.136. The van der Waals surface area contributed by atoms with E-state index in [1.807, 2.05) is 24.3 Å². The molecule has 1 saturated heterocycles. The fourth-order valence-electron chi connectivity index (χ4n) is 3.00. The van der Waals surface area contributed by atoms with Gasteiger partial charge in [0.2, 0.25) is 5.91 Å². The predicted molar refractivity (Wildman–Crippen MR) is 105 cm³/mol. The van der Waals surface area contributed by atoms with Crippen LogP contribution in [0.4, 0.5) is 5.69 Å². The molecule has 27 heavy (non-hydrogen) atoms. The van der Waals surface area contributed by atoms with Crippen LogP contribution in [0.5, 0.6) is 5.75 Å². The summed E-state index contributed by atoms with van der Waals surface area (Å²) in [4.78, 5) is 16.3. The van der Waals surface area contributed by atoms with Crippen molar-refractivity contribution in [1.82, 2.24) is 4.90 Å². The Kier molecular flexibility index (Phi) is 5.92. The smallest absolute Gasteiger partial charge is 0.238 e. The van der Waals surface area contributed by atoms with E-state index < -0.39 is 15.6 Å². The lowest BCUT2D eigenvalue weighted by Crippen LogP contribution is -2.50. The lowest BCUT2D eigenvalue weighted by molar-refractivity contribution is -0.128. The van der Waals surface area contributed by atoms with Crippen molar-refractivity contribution in [2.75, 3.05) is 43.9 Å². The number of nitrogens with zero attached hydrogens (tertiary/aromatic N) is 2. The Morgan fingerprint density at radius 2 is 1.74 bits per heavy atom. The molecule has 6 nitrogen and oxygen atoms in total. The van der Waals surface area contributed by atoms with Gasteiger partial charge in [-0.3, -0.25) is 4.79 Å². The summed E-state index contributed by atoms with van der Waals surface area (Å²) in [6, 6.07) is 13.6. The Bertz CT molecular complexity index is 908. The number of amides is 1. The number of methoxy groups -OCH3 is 1. The quantitative estimate of drug-likeness (QED) is 0.760. The molecule has 0 N–H and O–H groups in total. The van der Waals surface area contributed by atoms with Gasteiger partial charge >= 0.3 is 0 Å². The molecule has 3 rings (SSSR count). The lowest BCUT2D eigenvalue weighted by atomic mass is 10.2. The molecule has 0 unspecified atom stereocenters. The average molecular weight is 409 g/mol. The van der Waals surface area contributed by atoms with E-state index in [-0.39, 0.29) is 10.8 Å². The third-order valence-corrected chi connectivity index (χ3v) is 6.41. The number of hydrogen-bond acceptors (Lipinski definition) is 5. The second-order valence-corrected chi connectivity index (χ2v) is 8.71. The highest BCUT2D eigenvalue weighted by molar-refractivity contribution is 7.92. The Hall–Kier alpha value is -2.25. The van der Waals surface area contributed by atoms with Gasteiger partial charge in [0.1, 0.15) is 11.5 Å². The van der Waals surface area contributed by atoms with E-state index in [0.29, 0.717) is 31.2 Å². The Morgan fingerprint density at radius 1 is 1.07 bits per heavy atom. The first kappa shape index (κ1) is 19.5. The topological polar surface area (TPSA) is 66.9 Å². The largest absolute Gasteiger partial charge is 0.497 e. The van der Waals surface area contributed by atoms with Crippen molar-refractivity contribution in [1.29, 1.82) is 0 Å². The number of hydrogen-bond donors (Lipinski definition) is 0. The average Bonchev–Trinajstić information content (AvgIpc) is 2.68. The minimum atomic E-state index is -3.68. The summed E-state index contributed by atoms with van der Waals surface area (Å²) in [5, 5.41) is 0.453. The molecule has 2 aromatic rings. The summed E-state index contributed by atoms with van der Waals surface area (Å²) in [6.45, 7) is 2.23. The van der Waals surface area contributed by atoms with Gasteiger partial charge in [0, 0.05) is 43.0 Å². The molecular formula is C19H21ClN2O4S. The van der Waals surface area contributed by atoms with Crippen LogP contribution in [0.25, 0.3) is 0 Å². The number of carbonyl (C=O) groups excluding carboxylic acids is 1. The third-order valence-electron chi connectivity index (χ3n) is 4.54. The van der Waals surface area contributed by atoms with Gasteiger partial charge in [0.15, 0.2) is 9.84 Å². The molecule has 0 saturated carbocycles. The number of piperazine rings is 1. The fraction of sp³-hybridized carbons (Fsp3) is 0.316. The van der Waals surface area contributed by atoms with Crippen LogP contribution in [0.3, 0.4) is 0 Å². The second-order valence-electron chi connectivity index (χ2n) is 6.28. The molecule has 0 aliphatic carbocycles. The molecule has 0 atom stereocenters. The number of sulfone groups is 1. The van der Waals surface area contributed by atoms with E-state index >= 15 is 0 Å². The van der Waals surface area contributed by atoms with Crippen molar-refractivity contribution in [3.05, 3.63) is 53.6 Å². The van der Waals surface area contributed by atoms with Crippen LogP contribution in [-0.2, 0) is 14.6 Å². The third kappa shape index (κ3) is 4.73. The summed E-state index contributed by atoms with van der Waals surface area (Å²) in [6.07, 6.45) is 0. The van der Waals surface area contributed by atoms with E-state index in [1.54, 1.807) is 12.0 Å². The molecule has 8 heteroatoms. The number of anilines is 1. The van der Waals surface area contributed by atoms with Crippen LogP contribution in [-0.4, -0.2) is 58.3 Å². The zero-order valence-corrected chi connectivity index (χ0v) is 16.5. The van der Waals surface area contributed by atoms with Crippen LogP contribution in [0.15, 0.2) is 53.4 Å². The zero-order chi connectivity index (χ0) is 19.4. The number of rotatable bonds is 5. The maximum atomic E-state index is 12.5. The van der Waals surface area contributed by atoms with E-state index in [4.69, 9.17) is 16.3 Å². The molecule has 2 aromatic carbocycles. The molecule has 1 amide bonds. The molecule has 0 spiro atoms. The first-order valence-corrected chi connectivity index (χ1v) is 10.6. The van der Waals surface area contributed by atoms with Crippen molar-refractivity contribution < 1.29 is 17.9 Å². The van der Waals surface area contributed by atoms with Crippen molar-refractivity contribution in [3.8, 4) is 5.75 Å². The predicted octanol–water partition coefficient (Wildman–Crippen LogP) is 2.47. The minimum absolute atomic E-state index is 0.107. The van der Waals surface area contributed by atoms with E-state index in [2.05, 4.69) is 4.90 Å². The Balaban J connectivity index is 1.60. The van der Waals surface area contributed by atoms with Crippen molar-refractivity contribution in [2.45, 2.75) is 4.90 Å². The molecule has 0 aromatic heterocycles. The highest BCUT2D eigenvalue weighted by atomic mass is 35.5. The fourth-order valence-corrected chi connectivity index (χ4v) is 4.35. The lowest BCUT2D eigenvalue weighted by Gasteiger charge is -2.36.